The molecule has 0 radical (unpaired) electrons. The van der Waals surface area contributed by atoms with Crippen molar-refractivity contribution in [3.8, 4) is 11.8 Å². The normalized spacial score (nSPS) is 14.2. The summed E-state index contributed by atoms with van der Waals surface area (Å²) in [5.74, 6) is -1.04. The van der Waals surface area contributed by atoms with E-state index in [1.807, 2.05) is 0 Å². The number of nitrogens with one attached hydrogen (secondary N) is 1. The fraction of sp³-hybridized carbons (Fsp3) is 0.200. The average Bonchev–Trinajstić information content (AvgIpc) is 3.17. The molecule has 26 heavy (non-hydrogen) atoms. The van der Waals surface area contributed by atoms with Gasteiger partial charge in [-0.2, -0.15) is 5.26 Å². The third-order valence-electron chi connectivity index (χ3n) is 4.25. The predicted octanol–water partition coefficient (Wildman–Crippen LogP) is 3.68. The third kappa shape index (κ3) is 4.01. The van der Waals surface area contributed by atoms with Gasteiger partial charge in [0.1, 0.15) is 23.2 Å². The molecule has 2 N–H and O–H groups in total. The van der Waals surface area contributed by atoms with Gasteiger partial charge in [-0.05, 0) is 61.4 Å². The van der Waals surface area contributed by atoms with Gasteiger partial charge < -0.3 is 15.3 Å². The Bertz CT molecular complexity index is 879. The molecule has 0 aromatic heterocycles. The minimum Gasteiger partial charge on any atom is -0.508 e. The van der Waals surface area contributed by atoms with Crippen LogP contribution in [0.4, 0.5) is 15.8 Å². The van der Waals surface area contributed by atoms with Crippen LogP contribution in [0.2, 0.25) is 0 Å². The Labute approximate surface area is 151 Å². The fourth-order valence-corrected chi connectivity index (χ4v) is 2.85. The number of halogens is 1. The van der Waals surface area contributed by atoms with Gasteiger partial charge in [0.05, 0.1) is 0 Å². The largest absolute Gasteiger partial charge is 0.508 e. The van der Waals surface area contributed by atoms with Crippen molar-refractivity contribution in [2.24, 2.45) is 0 Å². The lowest BCUT2D eigenvalue weighted by Gasteiger charge is -2.17. The molecule has 0 atom stereocenters. The maximum Gasteiger partial charge on any atom is 0.266 e. The molecular formula is C20H18FN3O2. The van der Waals surface area contributed by atoms with Crippen molar-refractivity contribution >= 4 is 23.4 Å². The SMILES string of the molecule is N#CC(=Cc1ccc(N2CCCC2)cc1F)C(=O)Nc1ccc(O)cc1. The second-order valence-corrected chi connectivity index (χ2v) is 6.07. The molecule has 3 rings (SSSR count). The monoisotopic (exact) mass is 351 g/mol. The minimum absolute atomic E-state index is 0.0687. The number of hydrogen-bond acceptors (Lipinski definition) is 4. The number of carbonyl (C=O) groups excluding carboxylic acids is 1. The minimum atomic E-state index is -0.638. The van der Waals surface area contributed by atoms with E-state index in [1.165, 1.54) is 36.4 Å². The second-order valence-electron chi connectivity index (χ2n) is 6.07. The molecule has 0 aliphatic carbocycles. The molecule has 0 bridgehead atoms. The average molecular weight is 351 g/mol. The first-order valence-electron chi connectivity index (χ1n) is 8.33. The first-order chi connectivity index (χ1) is 12.6. The lowest BCUT2D eigenvalue weighted by Crippen LogP contribution is -2.17. The molecule has 1 aliphatic rings. The summed E-state index contributed by atoms with van der Waals surface area (Å²) in [6.45, 7) is 1.82. The number of anilines is 2. The summed E-state index contributed by atoms with van der Waals surface area (Å²) in [7, 11) is 0. The highest BCUT2D eigenvalue weighted by atomic mass is 19.1. The van der Waals surface area contributed by atoms with Crippen molar-refractivity contribution in [1.29, 1.82) is 5.26 Å². The first kappa shape index (κ1) is 17.5. The standard InChI is InChI=1S/C20H18FN3O2/c21-19-12-17(24-9-1-2-10-24)6-3-14(19)11-15(13-22)20(26)23-16-4-7-18(25)8-5-16/h3-8,11-12,25H,1-2,9-10H2,(H,23,26). The van der Waals surface area contributed by atoms with Gasteiger partial charge in [0.15, 0.2) is 0 Å². The summed E-state index contributed by atoms with van der Waals surface area (Å²) in [6, 6.07) is 12.5. The van der Waals surface area contributed by atoms with E-state index in [0.29, 0.717) is 5.69 Å². The van der Waals surface area contributed by atoms with Gasteiger partial charge in [0, 0.05) is 30.0 Å². The number of carbonyl (C=O) groups is 1. The molecule has 1 amide bonds. The number of phenolic OH excluding ortho intramolecular Hbond substituents is 1. The maximum atomic E-state index is 14.4. The zero-order valence-electron chi connectivity index (χ0n) is 14.1. The van der Waals surface area contributed by atoms with Gasteiger partial charge in [-0.25, -0.2) is 4.39 Å². The second kappa shape index (κ2) is 7.70. The van der Waals surface area contributed by atoms with E-state index >= 15 is 0 Å². The predicted molar refractivity (Wildman–Crippen MR) is 98.2 cm³/mol. The number of amides is 1. The van der Waals surface area contributed by atoms with Crippen LogP contribution < -0.4 is 10.2 Å². The molecule has 6 heteroatoms. The van der Waals surface area contributed by atoms with E-state index in [-0.39, 0.29) is 16.9 Å². The van der Waals surface area contributed by atoms with Gasteiger partial charge in [0.2, 0.25) is 0 Å². The number of rotatable bonds is 4. The number of hydrogen-bond donors (Lipinski definition) is 2. The van der Waals surface area contributed by atoms with E-state index in [1.54, 1.807) is 18.2 Å². The molecule has 0 saturated carbocycles. The van der Waals surface area contributed by atoms with E-state index < -0.39 is 11.7 Å². The maximum absolute atomic E-state index is 14.4. The number of benzene rings is 2. The number of nitriles is 1. The van der Waals surface area contributed by atoms with Crippen LogP contribution in [0.1, 0.15) is 18.4 Å². The molecule has 1 heterocycles. The Morgan fingerprint density at radius 3 is 2.50 bits per heavy atom. The zero-order valence-corrected chi connectivity index (χ0v) is 14.1. The highest BCUT2D eigenvalue weighted by Gasteiger charge is 2.15. The van der Waals surface area contributed by atoms with Crippen molar-refractivity contribution in [3.63, 3.8) is 0 Å². The van der Waals surface area contributed by atoms with Crippen LogP contribution in [-0.2, 0) is 4.79 Å². The van der Waals surface area contributed by atoms with Crippen molar-refractivity contribution < 1.29 is 14.3 Å². The molecule has 2 aromatic carbocycles. The molecule has 0 unspecified atom stereocenters. The summed E-state index contributed by atoms with van der Waals surface area (Å²) in [5.41, 5.74) is 1.22. The quantitative estimate of drug-likeness (QED) is 0.500. The highest BCUT2D eigenvalue weighted by Crippen LogP contribution is 2.24. The third-order valence-corrected chi connectivity index (χ3v) is 4.25. The van der Waals surface area contributed by atoms with Gasteiger partial charge in [-0.1, -0.05) is 0 Å². The van der Waals surface area contributed by atoms with Crippen LogP contribution in [0, 0.1) is 17.1 Å². The van der Waals surface area contributed by atoms with Gasteiger partial charge >= 0.3 is 0 Å². The Morgan fingerprint density at radius 1 is 1.19 bits per heavy atom. The van der Waals surface area contributed by atoms with Crippen LogP contribution in [0.25, 0.3) is 6.08 Å². The Kier molecular flexibility index (Phi) is 5.18. The molecular weight excluding hydrogens is 333 g/mol. The summed E-state index contributed by atoms with van der Waals surface area (Å²) in [5, 5.41) is 21.0. The van der Waals surface area contributed by atoms with Gasteiger partial charge in [0.25, 0.3) is 5.91 Å². The molecule has 1 saturated heterocycles. The van der Waals surface area contributed by atoms with Crippen LogP contribution >= 0.6 is 0 Å². The summed E-state index contributed by atoms with van der Waals surface area (Å²) in [6.07, 6.45) is 3.43. The topological polar surface area (TPSA) is 76.4 Å². The summed E-state index contributed by atoms with van der Waals surface area (Å²) < 4.78 is 14.4. The molecule has 2 aromatic rings. The molecule has 5 nitrogen and oxygen atoms in total. The van der Waals surface area contributed by atoms with E-state index in [0.717, 1.165) is 31.6 Å². The smallest absolute Gasteiger partial charge is 0.266 e. The van der Waals surface area contributed by atoms with E-state index in [4.69, 9.17) is 0 Å². The summed E-state index contributed by atoms with van der Waals surface area (Å²) >= 11 is 0. The first-order valence-corrected chi connectivity index (χ1v) is 8.33. The van der Waals surface area contributed by atoms with Gasteiger partial charge in [-0.3, -0.25) is 4.79 Å². The van der Waals surface area contributed by atoms with Crippen molar-refractivity contribution in [2.75, 3.05) is 23.3 Å². The van der Waals surface area contributed by atoms with E-state index in [9.17, 15) is 19.6 Å². The number of nitrogens with zero attached hydrogens (tertiary/aromatic N) is 2. The Balaban J connectivity index is 1.78. The van der Waals surface area contributed by atoms with Gasteiger partial charge in [-0.15, -0.1) is 0 Å². The molecule has 1 aliphatic heterocycles. The van der Waals surface area contributed by atoms with Crippen LogP contribution in [0.5, 0.6) is 5.75 Å². The number of aromatic hydroxyl groups is 1. The van der Waals surface area contributed by atoms with Crippen molar-refractivity contribution in [2.45, 2.75) is 12.8 Å². The fourth-order valence-electron chi connectivity index (χ4n) is 2.85. The van der Waals surface area contributed by atoms with Crippen LogP contribution in [0.3, 0.4) is 0 Å². The van der Waals surface area contributed by atoms with Crippen LogP contribution in [-0.4, -0.2) is 24.1 Å². The van der Waals surface area contributed by atoms with Crippen molar-refractivity contribution in [1.82, 2.24) is 0 Å². The van der Waals surface area contributed by atoms with E-state index in [2.05, 4.69) is 10.2 Å². The molecule has 0 spiro atoms. The zero-order chi connectivity index (χ0) is 18.5. The highest BCUT2D eigenvalue weighted by molar-refractivity contribution is 6.09. The Morgan fingerprint density at radius 2 is 1.88 bits per heavy atom. The van der Waals surface area contributed by atoms with Crippen molar-refractivity contribution in [3.05, 3.63) is 59.4 Å². The number of phenols is 1. The van der Waals surface area contributed by atoms with Crippen LogP contribution in [0.15, 0.2) is 48.0 Å². The summed E-state index contributed by atoms with van der Waals surface area (Å²) in [4.78, 5) is 14.3. The Hall–Kier alpha value is -3.33. The molecule has 1 fully saturated rings. The lowest BCUT2D eigenvalue weighted by atomic mass is 10.1. The lowest BCUT2D eigenvalue weighted by molar-refractivity contribution is -0.112. The molecule has 132 valence electrons.